The zero-order chi connectivity index (χ0) is 13.3. The first-order valence-electron chi connectivity index (χ1n) is 5.65. The Morgan fingerprint density at radius 2 is 2.17 bits per heavy atom. The molecule has 6 heteroatoms. The van der Waals surface area contributed by atoms with Crippen LogP contribution in [0.2, 0.25) is 0 Å². The maximum atomic E-state index is 12.1. The maximum Gasteiger partial charge on any atom is 0.251 e. The van der Waals surface area contributed by atoms with Crippen LogP contribution < -0.4 is 5.32 Å². The molecule has 18 heavy (non-hydrogen) atoms. The van der Waals surface area contributed by atoms with Crippen LogP contribution in [0.5, 0.6) is 0 Å². The second kappa shape index (κ2) is 5.01. The second-order valence-corrected chi connectivity index (χ2v) is 7.57. The molecule has 0 saturated carbocycles. The van der Waals surface area contributed by atoms with Crippen molar-refractivity contribution in [3.05, 3.63) is 33.8 Å². The molecule has 1 N–H and O–H groups in total. The van der Waals surface area contributed by atoms with Crippen LogP contribution >= 0.6 is 15.9 Å². The number of nitrogens with one attached hydrogen (secondary N) is 1. The standard InChI is InChI=1S/C12H14BrNO3S/c1-8-10(3-2-4-11(8)13)12(15)14-9-5-6-18(16,17)7-9/h2-4,9H,5-7H2,1H3,(H,14,15). The Balaban J connectivity index is 2.11. The van der Waals surface area contributed by atoms with E-state index in [1.54, 1.807) is 12.1 Å². The summed E-state index contributed by atoms with van der Waals surface area (Å²) in [4.78, 5) is 12.1. The number of hydrogen-bond donors (Lipinski definition) is 1. The molecule has 1 saturated heterocycles. The van der Waals surface area contributed by atoms with Crippen molar-refractivity contribution < 1.29 is 13.2 Å². The average Bonchev–Trinajstić information content (AvgIpc) is 2.62. The predicted molar refractivity (Wildman–Crippen MR) is 73.4 cm³/mol. The highest BCUT2D eigenvalue weighted by molar-refractivity contribution is 9.10. The number of benzene rings is 1. The molecular weight excluding hydrogens is 318 g/mol. The molecule has 1 aromatic carbocycles. The third-order valence-electron chi connectivity index (χ3n) is 3.08. The van der Waals surface area contributed by atoms with Crippen molar-refractivity contribution in [2.24, 2.45) is 0 Å². The SMILES string of the molecule is Cc1c(Br)cccc1C(=O)NC1CCS(=O)(=O)C1. The van der Waals surface area contributed by atoms with E-state index in [-0.39, 0.29) is 23.5 Å². The fraction of sp³-hybridized carbons (Fsp3) is 0.417. The van der Waals surface area contributed by atoms with Gasteiger partial charge in [0.25, 0.3) is 5.91 Å². The summed E-state index contributed by atoms with van der Waals surface area (Å²) in [6.07, 6.45) is 0.501. The van der Waals surface area contributed by atoms with Crippen LogP contribution in [0.1, 0.15) is 22.3 Å². The van der Waals surface area contributed by atoms with Crippen LogP contribution in [-0.2, 0) is 9.84 Å². The number of hydrogen-bond acceptors (Lipinski definition) is 3. The highest BCUT2D eigenvalue weighted by Gasteiger charge is 2.29. The summed E-state index contributed by atoms with van der Waals surface area (Å²) in [5.74, 6) is -0.00260. The topological polar surface area (TPSA) is 63.2 Å². The van der Waals surface area contributed by atoms with Gasteiger partial charge >= 0.3 is 0 Å². The van der Waals surface area contributed by atoms with Gasteiger partial charge in [0, 0.05) is 16.1 Å². The lowest BCUT2D eigenvalue weighted by atomic mass is 10.1. The Morgan fingerprint density at radius 3 is 2.78 bits per heavy atom. The molecule has 2 rings (SSSR count). The van der Waals surface area contributed by atoms with Gasteiger partial charge in [-0.25, -0.2) is 8.42 Å². The highest BCUT2D eigenvalue weighted by Crippen LogP contribution is 2.20. The minimum absolute atomic E-state index is 0.0474. The normalized spacial score (nSPS) is 21.8. The first kappa shape index (κ1) is 13.5. The minimum Gasteiger partial charge on any atom is -0.348 e. The molecule has 1 aliphatic rings. The van der Waals surface area contributed by atoms with Crippen molar-refractivity contribution in [2.75, 3.05) is 11.5 Å². The molecule has 0 spiro atoms. The Morgan fingerprint density at radius 1 is 1.44 bits per heavy atom. The van der Waals surface area contributed by atoms with E-state index in [4.69, 9.17) is 0 Å². The molecular formula is C12H14BrNO3S. The minimum atomic E-state index is -2.97. The summed E-state index contributed by atoms with van der Waals surface area (Å²) in [5.41, 5.74) is 1.43. The van der Waals surface area contributed by atoms with E-state index in [2.05, 4.69) is 21.2 Å². The molecule has 1 amide bonds. The largest absolute Gasteiger partial charge is 0.348 e. The Hall–Kier alpha value is -0.880. The van der Waals surface area contributed by atoms with Gasteiger partial charge in [-0.3, -0.25) is 4.79 Å². The number of carbonyl (C=O) groups is 1. The van der Waals surface area contributed by atoms with E-state index in [9.17, 15) is 13.2 Å². The van der Waals surface area contributed by atoms with Crippen molar-refractivity contribution >= 4 is 31.7 Å². The van der Waals surface area contributed by atoms with Gasteiger partial charge in [0.1, 0.15) is 0 Å². The van der Waals surface area contributed by atoms with Gasteiger partial charge in [0.2, 0.25) is 0 Å². The predicted octanol–water partition coefficient (Wildman–Crippen LogP) is 1.67. The maximum absolute atomic E-state index is 12.1. The van der Waals surface area contributed by atoms with Gasteiger partial charge in [-0.15, -0.1) is 0 Å². The first-order valence-corrected chi connectivity index (χ1v) is 8.27. The fourth-order valence-corrected chi connectivity index (χ4v) is 4.06. The molecule has 0 aliphatic carbocycles. The van der Waals surface area contributed by atoms with Gasteiger partial charge in [0.05, 0.1) is 11.5 Å². The van der Waals surface area contributed by atoms with Crippen molar-refractivity contribution in [3.8, 4) is 0 Å². The van der Waals surface area contributed by atoms with Gasteiger partial charge in [0.15, 0.2) is 9.84 Å². The smallest absolute Gasteiger partial charge is 0.251 e. The van der Waals surface area contributed by atoms with Gasteiger partial charge in [-0.1, -0.05) is 22.0 Å². The number of sulfone groups is 1. The molecule has 4 nitrogen and oxygen atoms in total. The fourth-order valence-electron chi connectivity index (χ4n) is 2.03. The van der Waals surface area contributed by atoms with E-state index in [1.165, 1.54) is 0 Å². The van der Waals surface area contributed by atoms with Gasteiger partial charge in [-0.2, -0.15) is 0 Å². The van der Waals surface area contributed by atoms with Crippen molar-refractivity contribution in [3.63, 3.8) is 0 Å². The van der Waals surface area contributed by atoms with Crippen LogP contribution in [0.3, 0.4) is 0 Å². The molecule has 0 radical (unpaired) electrons. The lowest BCUT2D eigenvalue weighted by Crippen LogP contribution is -2.35. The van der Waals surface area contributed by atoms with E-state index in [0.717, 1.165) is 10.0 Å². The van der Waals surface area contributed by atoms with E-state index >= 15 is 0 Å². The van der Waals surface area contributed by atoms with E-state index < -0.39 is 9.84 Å². The van der Waals surface area contributed by atoms with Crippen LogP contribution in [-0.4, -0.2) is 31.9 Å². The van der Waals surface area contributed by atoms with E-state index in [0.29, 0.717) is 12.0 Å². The molecule has 1 aliphatic heterocycles. The lowest BCUT2D eigenvalue weighted by Gasteiger charge is -2.12. The highest BCUT2D eigenvalue weighted by atomic mass is 79.9. The molecule has 1 atom stereocenters. The van der Waals surface area contributed by atoms with Gasteiger partial charge < -0.3 is 5.32 Å². The summed E-state index contributed by atoms with van der Waals surface area (Å²) in [6.45, 7) is 1.85. The second-order valence-electron chi connectivity index (χ2n) is 4.49. The van der Waals surface area contributed by atoms with Crippen LogP contribution in [0.15, 0.2) is 22.7 Å². The molecule has 1 unspecified atom stereocenters. The summed E-state index contributed by atoms with van der Waals surface area (Å²) in [5, 5.41) is 2.78. The monoisotopic (exact) mass is 331 g/mol. The molecule has 1 aromatic rings. The van der Waals surface area contributed by atoms with Crippen molar-refractivity contribution in [1.82, 2.24) is 5.32 Å². The average molecular weight is 332 g/mol. The molecule has 98 valence electrons. The van der Waals surface area contributed by atoms with Crippen LogP contribution in [0.4, 0.5) is 0 Å². The molecule has 0 aromatic heterocycles. The summed E-state index contributed by atoms with van der Waals surface area (Å²) < 4.78 is 23.5. The van der Waals surface area contributed by atoms with Crippen molar-refractivity contribution in [1.29, 1.82) is 0 Å². The first-order chi connectivity index (χ1) is 8.39. The Bertz CT molecular complexity index is 583. The van der Waals surface area contributed by atoms with Crippen molar-refractivity contribution in [2.45, 2.75) is 19.4 Å². The summed E-state index contributed by atoms with van der Waals surface area (Å²) >= 11 is 3.37. The summed E-state index contributed by atoms with van der Waals surface area (Å²) in [6, 6.07) is 5.13. The lowest BCUT2D eigenvalue weighted by molar-refractivity contribution is 0.0940. The third-order valence-corrected chi connectivity index (χ3v) is 5.71. The van der Waals surface area contributed by atoms with Crippen LogP contribution in [0, 0.1) is 6.92 Å². The molecule has 1 fully saturated rings. The number of rotatable bonds is 2. The zero-order valence-corrected chi connectivity index (χ0v) is 12.3. The zero-order valence-electron chi connectivity index (χ0n) is 9.94. The third kappa shape index (κ3) is 2.92. The van der Waals surface area contributed by atoms with Crippen LogP contribution in [0.25, 0.3) is 0 Å². The quantitative estimate of drug-likeness (QED) is 0.896. The number of carbonyl (C=O) groups excluding carboxylic acids is 1. The number of halogens is 1. The summed E-state index contributed by atoms with van der Waals surface area (Å²) in [7, 11) is -2.97. The molecule has 0 bridgehead atoms. The Labute approximate surface area is 115 Å². The van der Waals surface area contributed by atoms with Gasteiger partial charge in [-0.05, 0) is 31.0 Å². The number of amides is 1. The van der Waals surface area contributed by atoms with E-state index in [1.807, 2.05) is 13.0 Å². The Kier molecular flexibility index (Phi) is 3.77. The molecule has 1 heterocycles.